The summed E-state index contributed by atoms with van der Waals surface area (Å²) in [4.78, 5) is 11.4. The van der Waals surface area contributed by atoms with E-state index in [9.17, 15) is 0 Å². The lowest BCUT2D eigenvalue weighted by Crippen LogP contribution is -2.47. The van der Waals surface area contributed by atoms with Gasteiger partial charge in [-0.3, -0.25) is 0 Å². The number of nitrogens with one attached hydrogen (secondary N) is 2. The standard InChI is InChI=1S/C25H29Cl2N5O2/c1-32-17-4-5-18(32)10-16(9-17)28-7-8-34-24-13-22-19(12-23(24)33-2)25(30-14-29-22)31-15-3-6-20(26)21(27)11-15/h3,6,11-14,16-18,28H,4-5,7-10H2,1-2H3,(H,29,30,31)/t16?,17-,18+. The molecule has 0 spiro atoms. The number of benzene rings is 2. The lowest BCUT2D eigenvalue weighted by atomic mass is 9.98. The van der Waals surface area contributed by atoms with Gasteiger partial charge in [0.2, 0.25) is 0 Å². The van der Waals surface area contributed by atoms with Crippen molar-refractivity contribution in [1.82, 2.24) is 20.2 Å². The van der Waals surface area contributed by atoms with Gasteiger partial charge in [0.05, 0.1) is 22.7 Å². The van der Waals surface area contributed by atoms with E-state index in [0.29, 0.717) is 40.0 Å². The molecule has 0 radical (unpaired) electrons. The van der Waals surface area contributed by atoms with E-state index in [2.05, 4.69) is 32.5 Å². The van der Waals surface area contributed by atoms with Gasteiger partial charge < -0.3 is 25.0 Å². The molecule has 0 saturated carbocycles. The quantitative estimate of drug-likeness (QED) is 0.406. The normalized spacial score (nSPS) is 22.2. The van der Waals surface area contributed by atoms with Crippen LogP contribution in [-0.2, 0) is 0 Å². The minimum absolute atomic E-state index is 0.472. The first-order valence-corrected chi connectivity index (χ1v) is 12.4. The Balaban J connectivity index is 1.25. The molecule has 1 unspecified atom stereocenters. The van der Waals surface area contributed by atoms with Crippen LogP contribution in [-0.4, -0.2) is 60.3 Å². The number of halogens is 2. The topological polar surface area (TPSA) is 71.5 Å². The van der Waals surface area contributed by atoms with E-state index < -0.39 is 0 Å². The van der Waals surface area contributed by atoms with Crippen molar-refractivity contribution in [3.63, 3.8) is 0 Å². The number of anilines is 2. The molecule has 3 aromatic rings. The van der Waals surface area contributed by atoms with Crippen LogP contribution in [0.4, 0.5) is 11.5 Å². The number of aromatic nitrogens is 2. The average molecular weight is 502 g/mol. The van der Waals surface area contributed by atoms with Gasteiger partial charge in [0.1, 0.15) is 18.8 Å². The van der Waals surface area contributed by atoms with Gasteiger partial charge in [-0.2, -0.15) is 0 Å². The van der Waals surface area contributed by atoms with Crippen molar-refractivity contribution in [3.05, 3.63) is 46.7 Å². The number of fused-ring (bicyclic) bond motifs is 3. The molecule has 3 heterocycles. The second-order valence-corrected chi connectivity index (χ2v) is 9.83. The number of rotatable bonds is 8. The van der Waals surface area contributed by atoms with Gasteiger partial charge in [0.15, 0.2) is 11.5 Å². The predicted octanol–water partition coefficient (Wildman–Crippen LogP) is 5.28. The molecule has 0 amide bonds. The Bertz CT molecular complexity index is 1160. The van der Waals surface area contributed by atoms with Gasteiger partial charge in [0.25, 0.3) is 0 Å². The monoisotopic (exact) mass is 501 g/mol. The summed E-state index contributed by atoms with van der Waals surface area (Å²) in [5.74, 6) is 1.95. The maximum absolute atomic E-state index is 6.15. The molecule has 9 heteroatoms. The van der Waals surface area contributed by atoms with E-state index in [4.69, 9.17) is 32.7 Å². The molecule has 3 atom stereocenters. The number of hydrogen-bond donors (Lipinski definition) is 2. The van der Waals surface area contributed by atoms with E-state index in [0.717, 1.165) is 35.2 Å². The molecule has 2 aliphatic heterocycles. The van der Waals surface area contributed by atoms with E-state index in [-0.39, 0.29) is 0 Å². The number of nitrogens with zero attached hydrogens (tertiary/aromatic N) is 3. The Hall–Kier alpha value is -2.32. The molecule has 2 N–H and O–H groups in total. The van der Waals surface area contributed by atoms with E-state index >= 15 is 0 Å². The summed E-state index contributed by atoms with van der Waals surface area (Å²) in [5, 5.41) is 8.76. The van der Waals surface area contributed by atoms with Crippen LogP contribution in [0.25, 0.3) is 10.9 Å². The van der Waals surface area contributed by atoms with Crippen molar-refractivity contribution < 1.29 is 9.47 Å². The Morgan fingerprint density at radius 2 is 1.82 bits per heavy atom. The molecule has 2 fully saturated rings. The van der Waals surface area contributed by atoms with Crippen LogP contribution in [0.5, 0.6) is 11.5 Å². The highest BCUT2D eigenvalue weighted by molar-refractivity contribution is 6.42. The Kier molecular flexibility index (Phi) is 6.97. The summed E-state index contributed by atoms with van der Waals surface area (Å²) < 4.78 is 11.7. The minimum Gasteiger partial charge on any atom is -0.493 e. The van der Waals surface area contributed by atoms with Crippen molar-refractivity contribution in [3.8, 4) is 11.5 Å². The second kappa shape index (κ2) is 10.1. The lowest BCUT2D eigenvalue weighted by Gasteiger charge is -2.36. The molecule has 34 heavy (non-hydrogen) atoms. The smallest absolute Gasteiger partial charge is 0.163 e. The molecule has 0 aliphatic carbocycles. The highest BCUT2D eigenvalue weighted by atomic mass is 35.5. The Labute approximate surface area is 209 Å². The van der Waals surface area contributed by atoms with Gasteiger partial charge in [-0.1, -0.05) is 23.2 Å². The second-order valence-electron chi connectivity index (χ2n) is 9.02. The highest BCUT2D eigenvalue weighted by Gasteiger charge is 2.37. The number of methoxy groups -OCH3 is 1. The fourth-order valence-electron chi connectivity index (χ4n) is 5.15. The number of piperidine rings is 1. The molecular formula is C25H29Cl2N5O2. The van der Waals surface area contributed by atoms with E-state index in [1.807, 2.05) is 18.2 Å². The SMILES string of the molecule is COc1cc2c(Nc3ccc(Cl)c(Cl)c3)ncnc2cc1OCCNC1C[C@H]2CC[C@@H](C1)N2C. The van der Waals surface area contributed by atoms with E-state index in [1.165, 1.54) is 32.0 Å². The maximum atomic E-state index is 6.15. The molecule has 2 aliphatic rings. The number of ether oxygens (including phenoxy) is 2. The van der Waals surface area contributed by atoms with Gasteiger partial charge in [-0.25, -0.2) is 9.97 Å². The van der Waals surface area contributed by atoms with Crippen LogP contribution in [0, 0.1) is 0 Å². The third-order valence-corrected chi connectivity index (χ3v) is 7.73. The molecule has 2 bridgehead atoms. The first-order chi connectivity index (χ1) is 16.5. The van der Waals surface area contributed by atoms with Crippen molar-refractivity contribution in [2.45, 2.75) is 43.8 Å². The fourth-order valence-corrected chi connectivity index (χ4v) is 5.45. The Morgan fingerprint density at radius 3 is 2.56 bits per heavy atom. The van der Waals surface area contributed by atoms with Crippen LogP contribution in [0.3, 0.4) is 0 Å². The number of hydrogen-bond acceptors (Lipinski definition) is 7. The van der Waals surface area contributed by atoms with Crippen molar-refractivity contribution in [2.75, 3.05) is 32.6 Å². The first kappa shape index (κ1) is 23.4. The third-order valence-electron chi connectivity index (χ3n) is 6.99. The molecule has 180 valence electrons. The van der Waals surface area contributed by atoms with Crippen LogP contribution in [0.2, 0.25) is 10.0 Å². The molecule has 1 aromatic heterocycles. The van der Waals surface area contributed by atoms with Crippen LogP contribution >= 0.6 is 23.2 Å². The molecule has 2 saturated heterocycles. The molecule has 2 aromatic carbocycles. The largest absolute Gasteiger partial charge is 0.493 e. The van der Waals surface area contributed by atoms with Crippen LogP contribution < -0.4 is 20.1 Å². The summed E-state index contributed by atoms with van der Waals surface area (Å²) in [6.07, 6.45) is 6.62. The Morgan fingerprint density at radius 1 is 1.03 bits per heavy atom. The molecule has 5 rings (SSSR count). The molecular weight excluding hydrogens is 473 g/mol. The summed E-state index contributed by atoms with van der Waals surface area (Å²) in [6, 6.07) is 11.2. The molecule has 7 nitrogen and oxygen atoms in total. The van der Waals surface area contributed by atoms with Gasteiger partial charge in [-0.15, -0.1) is 0 Å². The highest BCUT2D eigenvalue weighted by Crippen LogP contribution is 2.36. The van der Waals surface area contributed by atoms with E-state index in [1.54, 1.807) is 19.2 Å². The zero-order valence-corrected chi connectivity index (χ0v) is 20.9. The van der Waals surface area contributed by atoms with Gasteiger partial charge >= 0.3 is 0 Å². The summed E-state index contributed by atoms with van der Waals surface area (Å²) >= 11 is 12.2. The van der Waals surface area contributed by atoms with Crippen molar-refractivity contribution in [1.29, 1.82) is 0 Å². The zero-order valence-electron chi connectivity index (χ0n) is 19.4. The third kappa shape index (κ3) is 4.89. The average Bonchev–Trinajstić information content (AvgIpc) is 3.04. The maximum Gasteiger partial charge on any atom is 0.163 e. The summed E-state index contributed by atoms with van der Waals surface area (Å²) in [5.41, 5.74) is 1.54. The van der Waals surface area contributed by atoms with Crippen molar-refractivity contribution >= 4 is 45.6 Å². The fraction of sp³-hybridized carbons (Fsp3) is 0.440. The lowest BCUT2D eigenvalue weighted by molar-refractivity contribution is 0.146. The summed E-state index contributed by atoms with van der Waals surface area (Å²) in [7, 11) is 3.90. The predicted molar refractivity (Wildman–Crippen MR) is 137 cm³/mol. The zero-order chi connectivity index (χ0) is 23.7. The first-order valence-electron chi connectivity index (χ1n) is 11.6. The van der Waals surface area contributed by atoms with Crippen LogP contribution in [0.1, 0.15) is 25.7 Å². The van der Waals surface area contributed by atoms with Crippen LogP contribution in [0.15, 0.2) is 36.7 Å². The summed E-state index contributed by atoms with van der Waals surface area (Å²) in [6.45, 7) is 1.35. The minimum atomic E-state index is 0.472. The van der Waals surface area contributed by atoms with Crippen molar-refractivity contribution in [2.24, 2.45) is 0 Å². The van der Waals surface area contributed by atoms with Gasteiger partial charge in [0, 0.05) is 41.8 Å². The van der Waals surface area contributed by atoms with Gasteiger partial charge in [-0.05, 0) is 57.0 Å².